The Morgan fingerprint density at radius 3 is 2.19 bits per heavy atom. The molecule has 2 N–H and O–H groups in total. The fraction of sp³-hybridized carbons (Fsp3) is 0.583. The Morgan fingerprint density at radius 2 is 1.66 bits per heavy atom. The first-order valence-corrected chi connectivity index (χ1v) is 11.8. The van der Waals surface area contributed by atoms with Crippen molar-refractivity contribution in [2.24, 2.45) is 10.9 Å². The smallest absolute Gasteiger partial charge is 0.255 e. The summed E-state index contributed by atoms with van der Waals surface area (Å²) in [5.41, 5.74) is 2.01. The van der Waals surface area contributed by atoms with E-state index in [9.17, 15) is 9.59 Å². The summed E-state index contributed by atoms with van der Waals surface area (Å²) in [5, 5.41) is 6.51. The average molecular weight is 443 g/mol. The van der Waals surface area contributed by atoms with Gasteiger partial charge in [0.15, 0.2) is 0 Å². The largest absolute Gasteiger partial charge is 0.340 e. The molecule has 8 nitrogen and oxygen atoms in total. The molecule has 32 heavy (non-hydrogen) atoms. The van der Waals surface area contributed by atoms with Gasteiger partial charge < -0.3 is 20.4 Å². The van der Waals surface area contributed by atoms with E-state index in [0.717, 1.165) is 45.0 Å². The topological polar surface area (TPSA) is 89.9 Å². The van der Waals surface area contributed by atoms with Crippen LogP contribution in [0.15, 0.2) is 35.5 Å². The molecule has 0 bridgehead atoms. The highest BCUT2D eigenvalue weighted by Gasteiger charge is 2.21. The van der Waals surface area contributed by atoms with Gasteiger partial charge in [0, 0.05) is 65.1 Å². The van der Waals surface area contributed by atoms with Crippen LogP contribution in [0.5, 0.6) is 0 Å². The molecule has 1 atom stereocenters. The summed E-state index contributed by atoms with van der Waals surface area (Å²) in [5.74, 6) is -0.0810. The first kappa shape index (κ1) is 25.7. The Labute approximate surface area is 192 Å². The van der Waals surface area contributed by atoms with Gasteiger partial charge in [-0.15, -0.1) is 0 Å². The molecule has 0 saturated carbocycles. The number of amides is 2. The molecule has 176 valence electrons. The maximum absolute atomic E-state index is 12.6. The molecule has 0 spiro atoms. The lowest BCUT2D eigenvalue weighted by molar-refractivity contribution is -0.134. The Kier molecular flexibility index (Phi) is 11.0. The van der Waals surface area contributed by atoms with Crippen LogP contribution in [-0.2, 0) is 4.79 Å². The summed E-state index contributed by atoms with van der Waals surface area (Å²) in [6.45, 7) is 14.7. The van der Waals surface area contributed by atoms with Gasteiger partial charge in [0.25, 0.3) is 5.91 Å². The summed E-state index contributed by atoms with van der Waals surface area (Å²) in [7, 11) is 0. The quantitative estimate of drug-likeness (QED) is 0.653. The van der Waals surface area contributed by atoms with E-state index in [1.807, 2.05) is 55.7 Å². The Bertz CT molecular complexity index is 778. The van der Waals surface area contributed by atoms with Crippen LogP contribution in [0.4, 0.5) is 0 Å². The van der Waals surface area contributed by atoms with Gasteiger partial charge in [-0.05, 0) is 25.1 Å². The number of pyridine rings is 1. The number of hydrogen-bond acceptors (Lipinski definition) is 6. The van der Waals surface area contributed by atoms with Gasteiger partial charge in [-0.3, -0.25) is 19.6 Å². The third kappa shape index (κ3) is 7.24. The molecular weight excluding hydrogens is 404 g/mol. The van der Waals surface area contributed by atoms with E-state index < -0.39 is 0 Å². The highest BCUT2D eigenvalue weighted by atomic mass is 16.2. The maximum Gasteiger partial charge on any atom is 0.255 e. The van der Waals surface area contributed by atoms with Crippen LogP contribution in [0, 0.1) is 5.92 Å². The molecular formula is C24H38N6O2. The minimum atomic E-state index is -0.223. The zero-order chi connectivity index (χ0) is 23.3. The van der Waals surface area contributed by atoms with Gasteiger partial charge in [-0.2, -0.15) is 0 Å². The predicted octanol–water partition coefficient (Wildman–Crippen LogP) is 1.59. The number of piperazine rings is 2. The van der Waals surface area contributed by atoms with Crippen molar-refractivity contribution in [2.45, 2.75) is 27.7 Å². The van der Waals surface area contributed by atoms with Crippen molar-refractivity contribution >= 4 is 17.5 Å². The third-order valence-electron chi connectivity index (χ3n) is 5.37. The molecule has 8 heteroatoms. The molecule has 2 aliphatic rings. The molecule has 0 aliphatic carbocycles. The molecule has 0 aromatic carbocycles. The fourth-order valence-electron chi connectivity index (χ4n) is 3.60. The van der Waals surface area contributed by atoms with Gasteiger partial charge in [0.05, 0.1) is 22.9 Å². The van der Waals surface area contributed by atoms with Crippen LogP contribution in [0.1, 0.15) is 43.7 Å². The molecule has 2 fully saturated rings. The van der Waals surface area contributed by atoms with Gasteiger partial charge in [-0.1, -0.05) is 26.8 Å². The molecule has 2 saturated heterocycles. The molecule has 3 heterocycles. The van der Waals surface area contributed by atoms with Crippen molar-refractivity contribution in [1.82, 2.24) is 25.4 Å². The van der Waals surface area contributed by atoms with Gasteiger partial charge in [-0.25, -0.2) is 0 Å². The third-order valence-corrected chi connectivity index (χ3v) is 5.37. The number of nitrogens with zero attached hydrogens (tertiary/aromatic N) is 4. The van der Waals surface area contributed by atoms with E-state index in [2.05, 4.69) is 20.6 Å². The van der Waals surface area contributed by atoms with E-state index in [4.69, 9.17) is 0 Å². The molecule has 2 aliphatic heterocycles. The van der Waals surface area contributed by atoms with Gasteiger partial charge >= 0.3 is 0 Å². The minimum Gasteiger partial charge on any atom is -0.340 e. The number of nitrogens with one attached hydrogen (secondary N) is 2. The molecule has 2 amide bonds. The average Bonchev–Trinajstić information content (AvgIpc) is 2.88. The van der Waals surface area contributed by atoms with E-state index >= 15 is 0 Å². The number of aromatic nitrogens is 1. The van der Waals surface area contributed by atoms with Gasteiger partial charge in [0.1, 0.15) is 0 Å². The maximum atomic E-state index is 12.6. The van der Waals surface area contributed by atoms with Crippen LogP contribution in [0.25, 0.3) is 0 Å². The number of carbonyl (C=O) groups excluding carboxylic acids is 2. The van der Waals surface area contributed by atoms with Crippen molar-refractivity contribution < 1.29 is 9.59 Å². The highest BCUT2D eigenvalue weighted by Crippen LogP contribution is 2.10. The predicted molar refractivity (Wildman–Crippen MR) is 129 cm³/mol. The van der Waals surface area contributed by atoms with E-state index in [1.165, 1.54) is 0 Å². The molecule has 1 unspecified atom stereocenters. The highest BCUT2D eigenvalue weighted by molar-refractivity contribution is 6.08. The van der Waals surface area contributed by atoms with E-state index in [1.54, 1.807) is 12.3 Å². The second kappa shape index (κ2) is 13.8. The second-order valence-electron chi connectivity index (χ2n) is 7.56. The standard InChI is InChI=1S/C22H32N6O2.C2H6/c1-3-25-19(6-4-17(2)21(29)27-12-8-23-9-13-27)20-7-5-18(16-26-20)22(30)28-14-10-24-11-15-28;1-2/h4-7,16-17,23-24H,3,8-15H2,1-2H3;1-2H3/b6-4-,25-19?;. The number of rotatable bonds is 6. The van der Waals surface area contributed by atoms with Crippen molar-refractivity contribution in [1.29, 1.82) is 0 Å². The zero-order valence-corrected chi connectivity index (χ0v) is 19.9. The number of allylic oxidation sites excluding steroid dienone is 1. The monoisotopic (exact) mass is 442 g/mol. The van der Waals surface area contributed by atoms with Crippen LogP contribution < -0.4 is 10.6 Å². The summed E-state index contributed by atoms with van der Waals surface area (Å²) in [6, 6.07) is 3.64. The van der Waals surface area contributed by atoms with E-state index in [-0.39, 0.29) is 17.7 Å². The van der Waals surface area contributed by atoms with Crippen LogP contribution >= 0.6 is 0 Å². The molecule has 1 aromatic rings. The SMILES string of the molecule is CC.CCN=C(/C=C\C(C)C(=O)N1CCNCC1)c1ccc(C(=O)N2CCNCC2)cn1. The van der Waals surface area contributed by atoms with Crippen LogP contribution in [0.3, 0.4) is 0 Å². The Balaban J connectivity index is 0.00000176. The van der Waals surface area contributed by atoms with Crippen LogP contribution in [-0.4, -0.2) is 91.2 Å². The van der Waals surface area contributed by atoms with Crippen LogP contribution in [0.2, 0.25) is 0 Å². The molecule has 3 rings (SSSR count). The van der Waals surface area contributed by atoms with Crippen molar-refractivity contribution in [2.75, 3.05) is 58.9 Å². The summed E-state index contributed by atoms with van der Waals surface area (Å²) in [6.07, 6.45) is 5.38. The second-order valence-corrected chi connectivity index (χ2v) is 7.56. The summed E-state index contributed by atoms with van der Waals surface area (Å²) >= 11 is 0. The molecule has 1 aromatic heterocycles. The lowest BCUT2D eigenvalue weighted by atomic mass is 10.1. The normalized spacial score (nSPS) is 18.2. The summed E-state index contributed by atoms with van der Waals surface area (Å²) < 4.78 is 0. The Morgan fingerprint density at radius 1 is 1.06 bits per heavy atom. The van der Waals surface area contributed by atoms with Crippen molar-refractivity contribution in [3.05, 3.63) is 41.7 Å². The van der Waals surface area contributed by atoms with Gasteiger partial charge in [0.2, 0.25) is 5.91 Å². The lowest BCUT2D eigenvalue weighted by Gasteiger charge is -2.29. The minimum absolute atomic E-state index is 0.00955. The number of aliphatic imine (C=N–C) groups is 1. The van der Waals surface area contributed by atoms with E-state index in [0.29, 0.717) is 30.9 Å². The Hall–Kier alpha value is -2.58. The first-order valence-electron chi connectivity index (χ1n) is 11.8. The number of carbonyl (C=O) groups is 2. The first-order chi connectivity index (χ1) is 15.6. The fourth-order valence-corrected chi connectivity index (χ4v) is 3.60. The number of hydrogen-bond donors (Lipinski definition) is 2. The van der Waals surface area contributed by atoms with Crippen molar-refractivity contribution in [3.63, 3.8) is 0 Å². The van der Waals surface area contributed by atoms with Crippen molar-refractivity contribution in [3.8, 4) is 0 Å². The molecule has 0 radical (unpaired) electrons. The zero-order valence-electron chi connectivity index (χ0n) is 19.9. The summed E-state index contributed by atoms with van der Waals surface area (Å²) in [4.78, 5) is 38.0. The lowest BCUT2D eigenvalue weighted by Crippen LogP contribution is -2.47.